The minimum absolute atomic E-state index is 0.0160. The number of thioether (sulfide) groups is 1. The summed E-state index contributed by atoms with van der Waals surface area (Å²) in [6.45, 7) is 22.0. The number of nitrogens with zero attached hydrogens (tertiary/aromatic N) is 6. The van der Waals surface area contributed by atoms with Crippen LogP contribution in [0.1, 0.15) is 101 Å². The van der Waals surface area contributed by atoms with E-state index in [1.807, 2.05) is 34.6 Å². The Morgan fingerprint density at radius 1 is 0.846 bits per heavy atom. The summed E-state index contributed by atoms with van der Waals surface area (Å²) in [5.41, 5.74) is -1.66. The SMILES string of the molecule is CCCC(=O)N(C)[C@H](CSCCN1CCOCC1)C(=O)N(C)[C@@H](CC(C)C)C(=O)N[C@@H](C(=O)N(C)[C@H]1CC(C)N([C@@](C)(C=O)N[C@@H](C)C(=O)N(C)[C@H](CC(C)C)C(=O)NC)C1=O)C(C)C. The lowest BCUT2D eigenvalue weighted by atomic mass is 9.98. The maximum atomic E-state index is 14.4. The zero-order chi connectivity index (χ0) is 49.5. The second-order valence-electron chi connectivity index (χ2n) is 19.2. The van der Waals surface area contributed by atoms with Gasteiger partial charge in [0, 0.05) is 78.8 Å². The largest absolute Gasteiger partial charge is 0.379 e. The van der Waals surface area contributed by atoms with Gasteiger partial charge in [-0.25, -0.2) is 0 Å². The van der Waals surface area contributed by atoms with Gasteiger partial charge in [-0.1, -0.05) is 48.5 Å². The topological polar surface area (TPSA) is 201 Å². The number of hydrogen-bond donors (Lipinski definition) is 3. The molecule has 2 aliphatic rings. The van der Waals surface area contributed by atoms with Crippen LogP contribution in [0.4, 0.5) is 0 Å². The molecule has 2 heterocycles. The maximum absolute atomic E-state index is 14.4. The molecule has 1 unspecified atom stereocenters. The number of hydrogen-bond acceptors (Lipinski definition) is 12. The molecular formula is C46H83N9O9S. The number of morpholine rings is 1. The van der Waals surface area contributed by atoms with Crippen molar-refractivity contribution in [3.63, 3.8) is 0 Å². The smallest absolute Gasteiger partial charge is 0.247 e. The Morgan fingerprint density at radius 2 is 1.40 bits per heavy atom. The molecule has 372 valence electrons. The number of carbonyl (C=O) groups is 8. The Hall–Kier alpha value is -3.81. The fourth-order valence-corrected chi connectivity index (χ4v) is 9.77. The minimum Gasteiger partial charge on any atom is -0.379 e. The van der Waals surface area contributed by atoms with Gasteiger partial charge in [0.25, 0.3) is 0 Å². The van der Waals surface area contributed by atoms with Crippen LogP contribution >= 0.6 is 11.8 Å². The van der Waals surface area contributed by atoms with Gasteiger partial charge in [-0.05, 0) is 64.2 Å². The van der Waals surface area contributed by atoms with Crippen molar-refractivity contribution in [2.24, 2.45) is 17.8 Å². The fraction of sp³-hybridized carbons (Fsp3) is 0.826. The van der Waals surface area contributed by atoms with E-state index in [4.69, 9.17) is 4.74 Å². The standard InChI is InChI=1S/C46H83N9O9S/c1-16-17-38(57)50(12)37(27-65-23-20-54-18-21-64-22-19-54)43(61)52(14)35(25-30(4)5)41(59)48-39(31(6)7)45(63)53(15)36-26-32(8)55(44(36)62)46(10,28-56)49-33(9)42(60)51(13)34(24-29(2)3)40(58)47-11/h28-37,39,49H,16-27H2,1-15H3,(H,47,58)(H,48,59)/t32?,33-,34+,35-,36-,37+,39+,46-/m0/s1. The molecule has 7 amide bonds. The molecule has 0 aromatic heterocycles. The van der Waals surface area contributed by atoms with Gasteiger partial charge in [0.2, 0.25) is 41.4 Å². The van der Waals surface area contributed by atoms with Crippen molar-refractivity contribution in [1.82, 2.24) is 45.3 Å². The van der Waals surface area contributed by atoms with Gasteiger partial charge in [-0.3, -0.25) is 48.6 Å². The predicted molar refractivity (Wildman–Crippen MR) is 253 cm³/mol. The summed E-state index contributed by atoms with van der Waals surface area (Å²) in [6.07, 6.45) is 2.35. The third-order valence-electron chi connectivity index (χ3n) is 12.6. The van der Waals surface area contributed by atoms with Crippen LogP contribution in [0.25, 0.3) is 0 Å². The third-order valence-corrected chi connectivity index (χ3v) is 13.6. The maximum Gasteiger partial charge on any atom is 0.247 e. The van der Waals surface area contributed by atoms with E-state index in [0.717, 1.165) is 25.4 Å². The van der Waals surface area contributed by atoms with Crippen LogP contribution in [0.15, 0.2) is 0 Å². The zero-order valence-corrected chi connectivity index (χ0v) is 42.9. The first-order valence-corrected chi connectivity index (χ1v) is 24.6. The van der Waals surface area contributed by atoms with Crippen LogP contribution in [-0.4, -0.2) is 205 Å². The normalized spacial score (nSPS) is 20.1. The van der Waals surface area contributed by atoms with Gasteiger partial charge >= 0.3 is 0 Å². The Labute approximate surface area is 393 Å². The van der Waals surface area contributed by atoms with Crippen LogP contribution in [0, 0.1) is 17.8 Å². The second-order valence-corrected chi connectivity index (χ2v) is 20.4. The van der Waals surface area contributed by atoms with Gasteiger partial charge < -0.3 is 39.9 Å². The molecule has 0 spiro atoms. The van der Waals surface area contributed by atoms with E-state index in [1.54, 1.807) is 53.6 Å². The Morgan fingerprint density at radius 3 is 1.91 bits per heavy atom. The molecule has 2 rings (SSSR count). The molecule has 2 saturated heterocycles. The van der Waals surface area contributed by atoms with E-state index in [1.165, 1.54) is 52.6 Å². The Bertz CT molecular complexity index is 1630. The first kappa shape index (κ1) is 57.3. The van der Waals surface area contributed by atoms with Crippen molar-refractivity contribution in [2.75, 3.05) is 79.6 Å². The lowest BCUT2D eigenvalue weighted by Gasteiger charge is -2.41. The van der Waals surface area contributed by atoms with Gasteiger partial charge in [-0.2, -0.15) is 11.8 Å². The monoisotopic (exact) mass is 938 g/mol. The average Bonchev–Trinajstić information content (AvgIpc) is 3.57. The number of nitrogens with one attached hydrogen (secondary N) is 3. The zero-order valence-electron chi connectivity index (χ0n) is 42.1. The molecule has 0 aliphatic carbocycles. The van der Waals surface area contributed by atoms with Crippen LogP contribution in [-0.2, 0) is 43.1 Å². The van der Waals surface area contributed by atoms with Crippen molar-refractivity contribution in [3.05, 3.63) is 0 Å². The van der Waals surface area contributed by atoms with E-state index in [-0.39, 0.29) is 48.8 Å². The van der Waals surface area contributed by atoms with Crippen molar-refractivity contribution >= 4 is 59.4 Å². The summed E-state index contributed by atoms with van der Waals surface area (Å²) < 4.78 is 5.46. The van der Waals surface area contributed by atoms with Crippen molar-refractivity contribution < 1.29 is 43.1 Å². The molecule has 18 nitrogen and oxygen atoms in total. The van der Waals surface area contributed by atoms with Crippen LogP contribution in [0.2, 0.25) is 0 Å². The molecular weight excluding hydrogens is 855 g/mol. The highest BCUT2D eigenvalue weighted by atomic mass is 32.2. The Kier molecular flexibility index (Phi) is 23.4. The molecule has 0 aromatic rings. The van der Waals surface area contributed by atoms with Crippen molar-refractivity contribution in [1.29, 1.82) is 0 Å². The van der Waals surface area contributed by atoms with Crippen LogP contribution in [0.3, 0.4) is 0 Å². The third kappa shape index (κ3) is 15.6. The highest BCUT2D eigenvalue weighted by molar-refractivity contribution is 7.99. The second kappa shape index (κ2) is 26.5. The quantitative estimate of drug-likeness (QED) is 0.0839. The van der Waals surface area contributed by atoms with Gasteiger partial charge in [0.1, 0.15) is 35.9 Å². The van der Waals surface area contributed by atoms with Crippen LogP contribution < -0.4 is 16.0 Å². The summed E-state index contributed by atoms with van der Waals surface area (Å²) in [7, 11) is 7.74. The van der Waals surface area contributed by atoms with E-state index >= 15 is 0 Å². The average molecular weight is 938 g/mol. The van der Waals surface area contributed by atoms with E-state index in [2.05, 4.69) is 20.9 Å². The first-order chi connectivity index (χ1) is 30.4. The number of amides is 7. The van der Waals surface area contributed by atoms with E-state index in [9.17, 15) is 38.4 Å². The van der Waals surface area contributed by atoms with Crippen LogP contribution in [0.5, 0.6) is 0 Å². The summed E-state index contributed by atoms with van der Waals surface area (Å²) in [4.78, 5) is 119. The molecule has 2 aliphatic heterocycles. The predicted octanol–water partition coefficient (Wildman–Crippen LogP) is 1.65. The molecule has 0 radical (unpaired) electrons. The van der Waals surface area contributed by atoms with Gasteiger partial charge in [-0.15, -0.1) is 0 Å². The number of ether oxygens (including phenoxy) is 1. The summed E-state index contributed by atoms with van der Waals surface area (Å²) >= 11 is 1.59. The summed E-state index contributed by atoms with van der Waals surface area (Å²) in [5, 5.41) is 8.59. The number of aldehydes is 1. The highest BCUT2D eigenvalue weighted by Crippen LogP contribution is 2.30. The first-order valence-electron chi connectivity index (χ1n) is 23.4. The van der Waals surface area contributed by atoms with Crippen molar-refractivity contribution in [2.45, 2.75) is 149 Å². The van der Waals surface area contributed by atoms with E-state index in [0.29, 0.717) is 38.1 Å². The Balaban J connectivity index is 2.32. The molecule has 0 bridgehead atoms. The molecule has 8 atom stereocenters. The summed E-state index contributed by atoms with van der Waals surface area (Å²) in [6, 6.07) is -6.13. The number of carbonyl (C=O) groups excluding carboxylic acids is 8. The molecule has 2 fully saturated rings. The van der Waals surface area contributed by atoms with Crippen molar-refractivity contribution in [3.8, 4) is 0 Å². The molecule has 0 aromatic carbocycles. The molecule has 0 saturated carbocycles. The lowest BCUT2D eigenvalue weighted by Crippen LogP contribution is -2.66. The number of likely N-dealkylation sites (N-methyl/N-ethyl adjacent to an activating group) is 5. The highest BCUT2D eigenvalue weighted by Gasteiger charge is 2.51. The molecule has 19 heteroatoms. The lowest BCUT2D eigenvalue weighted by molar-refractivity contribution is -0.151. The fourth-order valence-electron chi connectivity index (χ4n) is 8.63. The van der Waals surface area contributed by atoms with Gasteiger partial charge in [0.15, 0.2) is 6.29 Å². The number of likely N-dealkylation sites (tertiary alicyclic amines) is 1. The summed E-state index contributed by atoms with van der Waals surface area (Å²) in [5.74, 6) is -2.08. The van der Waals surface area contributed by atoms with E-state index < -0.39 is 77.5 Å². The number of rotatable bonds is 26. The molecule has 65 heavy (non-hydrogen) atoms. The van der Waals surface area contributed by atoms with Gasteiger partial charge in [0.05, 0.1) is 19.3 Å². The molecule has 3 N–H and O–H groups in total. The minimum atomic E-state index is -1.66.